The van der Waals surface area contributed by atoms with E-state index in [1.807, 2.05) is 50.5 Å². The molecule has 0 bridgehead atoms. The number of benzene rings is 1. The molecule has 0 atom stereocenters. The Bertz CT molecular complexity index is 839. The van der Waals surface area contributed by atoms with Gasteiger partial charge < -0.3 is 15.2 Å². The van der Waals surface area contributed by atoms with Crippen molar-refractivity contribution < 1.29 is 0 Å². The van der Waals surface area contributed by atoms with Crippen molar-refractivity contribution in [1.29, 1.82) is 0 Å². The third-order valence-corrected chi connectivity index (χ3v) is 4.62. The first kappa shape index (κ1) is 15.9. The number of aromatic nitrogens is 2. The van der Waals surface area contributed by atoms with Crippen molar-refractivity contribution in [3.05, 3.63) is 52.6 Å². The van der Waals surface area contributed by atoms with Crippen LogP contribution in [0, 0.1) is 0 Å². The molecule has 0 aliphatic carbocycles. The minimum Gasteiger partial charge on any atom is -0.309 e. The number of fused-ring (bicyclic) bond motifs is 1. The van der Waals surface area contributed by atoms with E-state index in [0.29, 0.717) is 17.8 Å². The van der Waals surface area contributed by atoms with E-state index in [9.17, 15) is 4.79 Å². The summed E-state index contributed by atoms with van der Waals surface area (Å²) in [5.74, 6) is 0.683. The number of hydrogen-bond donors (Lipinski definition) is 2. The molecule has 1 aromatic carbocycles. The van der Waals surface area contributed by atoms with Crippen LogP contribution < -0.4 is 10.9 Å². The summed E-state index contributed by atoms with van der Waals surface area (Å²) in [5, 5.41) is 3.95. The van der Waals surface area contributed by atoms with Gasteiger partial charge in [-0.15, -0.1) is 11.3 Å². The highest BCUT2D eigenvalue weighted by molar-refractivity contribution is 7.21. The zero-order valence-electron chi connectivity index (χ0n) is 13.3. The summed E-state index contributed by atoms with van der Waals surface area (Å²) < 4.78 is 0. The molecular formula is C17H20N4OS. The van der Waals surface area contributed by atoms with Crippen molar-refractivity contribution in [2.45, 2.75) is 6.54 Å². The lowest BCUT2D eigenvalue weighted by Crippen LogP contribution is -2.27. The quantitative estimate of drug-likeness (QED) is 0.682. The molecular weight excluding hydrogens is 308 g/mol. The van der Waals surface area contributed by atoms with E-state index in [-0.39, 0.29) is 5.56 Å². The van der Waals surface area contributed by atoms with Gasteiger partial charge in [-0.1, -0.05) is 30.3 Å². The zero-order valence-corrected chi connectivity index (χ0v) is 14.1. The van der Waals surface area contributed by atoms with Gasteiger partial charge in [-0.05, 0) is 25.7 Å². The lowest BCUT2D eigenvalue weighted by molar-refractivity contribution is 0.399. The number of aromatic amines is 1. The predicted molar refractivity (Wildman–Crippen MR) is 95.9 cm³/mol. The highest BCUT2D eigenvalue weighted by Crippen LogP contribution is 2.30. The molecule has 0 radical (unpaired) electrons. The highest BCUT2D eigenvalue weighted by atomic mass is 32.1. The molecule has 0 unspecified atom stereocenters. The van der Waals surface area contributed by atoms with Crippen molar-refractivity contribution >= 4 is 21.6 Å². The van der Waals surface area contributed by atoms with Crippen molar-refractivity contribution in [1.82, 2.24) is 20.2 Å². The van der Waals surface area contributed by atoms with E-state index >= 15 is 0 Å². The summed E-state index contributed by atoms with van der Waals surface area (Å²) in [5.41, 5.74) is 1.04. The first-order valence-corrected chi connectivity index (χ1v) is 8.39. The maximum absolute atomic E-state index is 12.3. The third-order valence-electron chi connectivity index (χ3n) is 3.54. The van der Waals surface area contributed by atoms with Gasteiger partial charge in [0, 0.05) is 18.0 Å². The molecule has 3 rings (SSSR count). The molecule has 0 saturated carbocycles. The average molecular weight is 328 g/mol. The number of nitrogens with zero attached hydrogens (tertiary/aromatic N) is 2. The number of likely N-dealkylation sites (N-methyl/N-ethyl adjacent to an activating group) is 1. The van der Waals surface area contributed by atoms with E-state index < -0.39 is 0 Å². The van der Waals surface area contributed by atoms with Gasteiger partial charge in [0.15, 0.2) is 0 Å². The molecule has 0 amide bonds. The van der Waals surface area contributed by atoms with Crippen LogP contribution in [-0.4, -0.2) is 42.1 Å². The molecule has 0 aliphatic rings. The van der Waals surface area contributed by atoms with Gasteiger partial charge in [-0.25, -0.2) is 4.98 Å². The Balaban J connectivity index is 1.82. The zero-order chi connectivity index (χ0) is 16.2. The van der Waals surface area contributed by atoms with E-state index in [4.69, 9.17) is 0 Å². The van der Waals surface area contributed by atoms with Crippen LogP contribution in [0.1, 0.15) is 5.82 Å². The number of nitrogens with one attached hydrogen (secondary N) is 2. The van der Waals surface area contributed by atoms with E-state index in [1.165, 1.54) is 0 Å². The Labute approximate surface area is 139 Å². The summed E-state index contributed by atoms with van der Waals surface area (Å²) in [6.45, 7) is 2.37. The van der Waals surface area contributed by atoms with Crippen LogP contribution in [0.5, 0.6) is 0 Å². The van der Waals surface area contributed by atoms with Gasteiger partial charge in [-0.2, -0.15) is 0 Å². The van der Waals surface area contributed by atoms with Crippen LogP contribution in [0.2, 0.25) is 0 Å². The van der Waals surface area contributed by atoms with Gasteiger partial charge in [0.2, 0.25) is 0 Å². The molecule has 0 fully saturated rings. The molecule has 2 aromatic heterocycles. The summed E-state index contributed by atoms with van der Waals surface area (Å²) in [6.07, 6.45) is 0. The van der Waals surface area contributed by atoms with E-state index in [0.717, 1.165) is 28.4 Å². The maximum Gasteiger partial charge on any atom is 0.259 e. The summed E-state index contributed by atoms with van der Waals surface area (Å²) in [7, 11) is 4.06. The Morgan fingerprint density at radius 1 is 1.26 bits per heavy atom. The summed E-state index contributed by atoms with van der Waals surface area (Å²) in [6, 6.07) is 12.0. The first-order valence-electron chi connectivity index (χ1n) is 7.57. The average Bonchev–Trinajstić information content (AvgIpc) is 2.97. The normalized spacial score (nSPS) is 11.4. The lowest BCUT2D eigenvalue weighted by atomic mass is 10.2. The fourth-order valence-electron chi connectivity index (χ4n) is 2.31. The minimum absolute atomic E-state index is 0.0714. The van der Waals surface area contributed by atoms with Crippen LogP contribution in [-0.2, 0) is 6.54 Å². The minimum atomic E-state index is -0.0714. The van der Waals surface area contributed by atoms with E-state index in [1.54, 1.807) is 11.3 Å². The third kappa shape index (κ3) is 3.85. The number of rotatable bonds is 6. The van der Waals surface area contributed by atoms with Crippen molar-refractivity contribution in [3.8, 4) is 10.4 Å². The van der Waals surface area contributed by atoms with Gasteiger partial charge >= 0.3 is 0 Å². The van der Waals surface area contributed by atoms with E-state index in [2.05, 4.69) is 20.2 Å². The second-order valence-electron chi connectivity index (χ2n) is 5.69. The molecule has 3 aromatic rings. The first-order chi connectivity index (χ1) is 11.1. The Morgan fingerprint density at radius 2 is 2.04 bits per heavy atom. The predicted octanol–water partition coefficient (Wildman–Crippen LogP) is 2.30. The lowest BCUT2D eigenvalue weighted by Gasteiger charge is -2.09. The Kier molecular flexibility index (Phi) is 4.85. The monoisotopic (exact) mass is 328 g/mol. The fourth-order valence-corrected chi connectivity index (χ4v) is 3.37. The standard InChI is InChI=1S/C17H20N4OS/c1-21(2)9-8-18-11-15-19-16(22)13-10-14(23-17(13)20-15)12-6-4-3-5-7-12/h3-7,10,18H,8-9,11H2,1-2H3,(H,19,20,22). The number of hydrogen-bond acceptors (Lipinski definition) is 5. The van der Waals surface area contributed by atoms with Crippen molar-refractivity contribution in [2.75, 3.05) is 27.2 Å². The fraction of sp³-hybridized carbons (Fsp3) is 0.294. The highest BCUT2D eigenvalue weighted by Gasteiger charge is 2.10. The van der Waals surface area contributed by atoms with Gasteiger partial charge in [-0.3, -0.25) is 4.79 Å². The second-order valence-corrected chi connectivity index (χ2v) is 6.72. The number of H-pyrrole nitrogens is 1. The van der Waals surface area contributed by atoms with Gasteiger partial charge in [0.1, 0.15) is 10.7 Å². The molecule has 6 heteroatoms. The molecule has 0 saturated heterocycles. The summed E-state index contributed by atoms with van der Waals surface area (Å²) >= 11 is 1.56. The van der Waals surface area contributed by atoms with Crippen LogP contribution >= 0.6 is 11.3 Å². The molecule has 5 nitrogen and oxygen atoms in total. The molecule has 0 spiro atoms. The Hall–Kier alpha value is -2.02. The van der Waals surface area contributed by atoms with Crippen LogP contribution in [0.25, 0.3) is 20.7 Å². The van der Waals surface area contributed by atoms with Crippen LogP contribution in [0.15, 0.2) is 41.2 Å². The molecule has 120 valence electrons. The topological polar surface area (TPSA) is 61.0 Å². The SMILES string of the molecule is CN(C)CCNCc1nc2sc(-c3ccccc3)cc2c(=O)[nH]1. The van der Waals surface area contributed by atoms with Crippen molar-refractivity contribution in [2.24, 2.45) is 0 Å². The van der Waals surface area contributed by atoms with Crippen LogP contribution in [0.3, 0.4) is 0 Å². The molecule has 0 aliphatic heterocycles. The molecule has 2 N–H and O–H groups in total. The smallest absolute Gasteiger partial charge is 0.259 e. The summed E-state index contributed by atoms with van der Waals surface area (Å²) in [4.78, 5) is 23.7. The van der Waals surface area contributed by atoms with Gasteiger partial charge in [0.25, 0.3) is 5.56 Å². The maximum atomic E-state index is 12.3. The Morgan fingerprint density at radius 3 is 2.78 bits per heavy atom. The van der Waals surface area contributed by atoms with Crippen LogP contribution in [0.4, 0.5) is 0 Å². The van der Waals surface area contributed by atoms with Crippen molar-refractivity contribution in [3.63, 3.8) is 0 Å². The molecule has 23 heavy (non-hydrogen) atoms. The van der Waals surface area contributed by atoms with Gasteiger partial charge in [0.05, 0.1) is 11.9 Å². The largest absolute Gasteiger partial charge is 0.309 e. The number of thiophene rings is 1. The second kappa shape index (κ2) is 7.04. The molecule has 2 heterocycles.